The molecule has 1 unspecified atom stereocenters. The summed E-state index contributed by atoms with van der Waals surface area (Å²) in [5.41, 5.74) is 4.60. The number of phosphoric ester groups is 1. The Balaban J connectivity index is 1.52. The van der Waals surface area contributed by atoms with E-state index in [4.69, 9.17) is 4.52 Å². The molecule has 1 aromatic heterocycles. The van der Waals surface area contributed by atoms with E-state index in [1.165, 1.54) is 22.0 Å². The highest BCUT2D eigenvalue weighted by Gasteiger charge is 2.27. The normalized spacial score (nSPS) is 16.7. The molecule has 0 fully saturated rings. The SMILES string of the molecule is CC(C)(C)c1ccc2c(c1)CC[C@H]2NC(=O)Nc1cccc2c1cnn2C(CC=O)OP(=O)(O)O. The van der Waals surface area contributed by atoms with Crippen LogP contribution < -0.4 is 10.6 Å². The van der Waals surface area contributed by atoms with E-state index in [0.717, 1.165) is 18.4 Å². The lowest BCUT2D eigenvalue weighted by atomic mass is 9.85. The topological polar surface area (TPSA) is 143 Å². The molecule has 0 saturated carbocycles. The second-order valence-electron chi connectivity index (χ2n) is 9.63. The first-order valence-corrected chi connectivity index (χ1v) is 12.8. The fraction of sp³-hybridized carbons (Fsp3) is 0.375. The molecule has 1 aliphatic carbocycles. The summed E-state index contributed by atoms with van der Waals surface area (Å²) >= 11 is 0. The van der Waals surface area contributed by atoms with Crippen LogP contribution >= 0.6 is 7.82 Å². The van der Waals surface area contributed by atoms with E-state index >= 15 is 0 Å². The molecule has 0 saturated heterocycles. The van der Waals surface area contributed by atoms with Crippen LogP contribution in [-0.4, -0.2) is 31.9 Å². The number of hydrogen-bond acceptors (Lipinski definition) is 5. The number of hydrogen-bond donors (Lipinski definition) is 4. The number of anilines is 1. The van der Waals surface area contributed by atoms with Gasteiger partial charge in [-0.2, -0.15) is 5.10 Å². The summed E-state index contributed by atoms with van der Waals surface area (Å²) in [7, 11) is -4.86. The molecule has 4 rings (SSSR count). The summed E-state index contributed by atoms with van der Waals surface area (Å²) in [6, 6.07) is 11.0. The van der Waals surface area contributed by atoms with Crippen LogP contribution in [0.1, 0.15) is 62.6 Å². The Bertz CT molecular complexity index is 1310. The van der Waals surface area contributed by atoms with Crippen LogP contribution in [0.5, 0.6) is 0 Å². The van der Waals surface area contributed by atoms with Gasteiger partial charge in [-0.05, 0) is 47.1 Å². The first kappa shape index (κ1) is 25.1. The number of aryl methyl sites for hydroxylation is 1. The van der Waals surface area contributed by atoms with Crippen molar-refractivity contribution in [3.8, 4) is 0 Å². The van der Waals surface area contributed by atoms with E-state index in [1.54, 1.807) is 18.2 Å². The van der Waals surface area contributed by atoms with Crippen molar-refractivity contribution >= 4 is 36.7 Å². The van der Waals surface area contributed by atoms with Crippen LogP contribution in [0.4, 0.5) is 10.5 Å². The molecular formula is C24H29N4O6P. The number of benzene rings is 2. The van der Waals surface area contributed by atoms with Crippen LogP contribution in [0.3, 0.4) is 0 Å². The maximum Gasteiger partial charge on any atom is 0.471 e. The zero-order chi connectivity index (χ0) is 25.4. The smallest absolute Gasteiger partial charge is 0.331 e. The standard InChI is InChI=1S/C24H29N4O6P/c1-24(2,3)16-8-9-17-15(13-16)7-10-20(17)27-23(30)26-19-5-4-6-21-18(19)14-25-28(21)22(11-12-29)34-35(31,32)33/h4-6,8-9,12-14,20,22H,7,10-11H2,1-3H3,(H2,26,27,30)(H2,31,32,33)/t20-,22?/m1/s1. The Labute approximate surface area is 202 Å². The molecule has 2 amide bonds. The van der Waals surface area contributed by atoms with Crippen molar-refractivity contribution < 1.29 is 28.5 Å². The Hall–Kier alpha value is -3.04. The maximum atomic E-state index is 12.9. The summed E-state index contributed by atoms with van der Waals surface area (Å²) in [4.78, 5) is 42.3. The summed E-state index contributed by atoms with van der Waals surface area (Å²) in [5.74, 6) is 0. The van der Waals surface area contributed by atoms with Crippen molar-refractivity contribution in [2.24, 2.45) is 0 Å². The van der Waals surface area contributed by atoms with Gasteiger partial charge in [0.2, 0.25) is 0 Å². The highest BCUT2D eigenvalue weighted by Crippen LogP contribution is 2.42. The molecule has 186 valence electrons. The lowest BCUT2D eigenvalue weighted by Gasteiger charge is -2.21. The maximum absolute atomic E-state index is 12.9. The molecule has 11 heteroatoms. The Morgan fingerprint density at radius 3 is 2.77 bits per heavy atom. The van der Waals surface area contributed by atoms with E-state index < -0.39 is 14.1 Å². The Morgan fingerprint density at radius 2 is 2.09 bits per heavy atom. The molecule has 4 N–H and O–H groups in total. The lowest BCUT2D eigenvalue weighted by Crippen LogP contribution is -2.31. The third-order valence-corrected chi connectivity index (χ3v) is 6.63. The van der Waals surface area contributed by atoms with Crippen molar-refractivity contribution in [3.63, 3.8) is 0 Å². The molecule has 2 aromatic carbocycles. The van der Waals surface area contributed by atoms with Crippen LogP contribution in [0.15, 0.2) is 42.6 Å². The van der Waals surface area contributed by atoms with Gasteiger partial charge >= 0.3 is 13.9 Å². The number of fused-ring (bicyclic) bond motifs is 2. The first-order valence-electron chi connectivity index (χ1n) is 11.3. The van der Waals surface area contributed by atoms with Gasteiger partial charge in [0.1, 0.15) is 6.29 Å². The Morgan fingerprint density at radius 1 is 1.31 bits per heavy atom. The molecule has 0 radical (unpaired) electrons. The molecule has 35 heavy (non-hydrogen) atoms. The number of nitrogens with one attached hydrogen (secondary N) is 2. The molecule has 1 aliphatic rings. The number of nitrogens with zero attached hydrogens (tertiary/aromatic N) is 2. The number of carbonyl (C=O) groups is 2. The predicted molar refractivity (Wildman–Crippen MR) is 131 cm³/mol. The predicted octanol–water partition coefficient (Wildman–Crippen LogP) is 4.34. The number of phosphoric acid groups is 1. The number of aromatic nitrogens is 2. The van der Waals surface area contributed by atoms with Gasteiger partial charge in [0.05, 0.1) is 29.9 Å². The minimum atomic E-state index is -4.86. The lowest BCUT2D eigenvalue weighted by molar-refractivity contribution is -0.110. The van der Waals surface area contributed by atoms with Crippen molar-refractivity contribution in [3.05, 3.63) is 59.3 Å². The third kappa shape index (κ3) is 5.62. The molecule has 10 nitrogen and oxygen atoms in total. The molecule has 0 aliphatic heterocycles. The van der Waals surface area contributed by atoms with Gasteiger partial charge in [-0.15, -0.1) is 0 Å². The highest BCUT2D eigenvalue weighted by atomic mass is 31.2. The van der Waals surface area contributed by atoms with E-state index in [-0.39, 0.29) is 23.9 Å². The molecule has 1 heterocycles. The largest absolute Gasteiger partial charge is 0.471 e. The average Bonchev–Trinajstić information content (AvgIpc) is 3.36. The molecule has 0 spiro atoms. The summed E-state index contributed by atoms with van der Waals surface area (Å²) in [6.07, 6.45) is 2.05. The van der Waals surface area contributed by atoms with Gasteiger partial charge in [0, 0.05) is 5.39 Å². The van der Waals surface area contributed by atoms with Gasteiger partial charge in [-0.3, -0.25) is 4.52 Å². The van der Waals surface area contributed by atoms with E-state index in [9.17, 15) is 23.9 Å². The van der Waals surface area contributed by atoms with Gasteiger partial charge in [-0.1, -0.05) is 45.0 Å². The molecule has 3 aromatic rings. The highest BCUT2D eigenvalue weighted by molar-refractivity contribution is 7.46. The van der Waals surface area contributed by atoms with Crippen LogP contribution in [0.2, 0.25) is 0 Å². The number of urea groups is 1. The number of amides is 2. The van der Waals surface area contributed by atoms with Crippen LogP contribution in [0, 0.1) is 0 Å². The number of aldehydes is 1. The van der Waals surface area contributed by atoms with Gasteiger partial charge in [0.25, 0.3) is 0 Å². The Kier molecular flexibility index (Phi) is 6.83. The third-order valence-electron chi connectivity index (χ3n) is 6.11. The minimum absolute atomic E-state index is 0.0576. The van der Waals surface area contributed by atoms with Crippen molar-refractivity contribution in [1.82, 2.24) is 15.1 Å². The fourth-order valence-electron chi connectivity index (χ4n) is 4.39. The van der Waals surface area contributed by atoms with Crippen molar-refractivity contribution in [1.29, 1.82) is 0 Å². The van der Waals surface area contributed by atoms with Crippen LogP contribution in [-0.2, 0) is 25.7 Å². The summed E-state index contributed by atoms with van der Waals surface area (Å²) in [5, 5.41) is 10.6. The van der Waals surface area contributed by atoms with E-state index in [0.29, 0.717) is 22.9 Å². The molecular weight excluding hydrogens is 471 g/mol. The fourth-order valence-corrected chi connectivity index (χ4v) is 4.88. The van der Waals surface area contributed by atoms with Crippen molar-refractivity contribution in [2.75, 3.05) is 5.32 Å². The van der Waals surface area contributed by atoms with Gasteiger partial charge in [-0.25, -0.2) is 14.0 Å². The van der Waals surface area contributed by atoms with E-state index in [1.807, 2.05) is 0 Å². The van der Waals surface area contributed by atoms with Gasteiger partial charge in [0.15, 0.2) is 6.23 Å². The van der Waals surface area contributed by atoms with Crippen molar-refractivity contribution in [2.45, 2.75) is 57.7 Å². The minimum Gasteiger partial charge on any atom is -0.331 e. The molecule has 2 atom stereocenters. The zero-order valence-electron chi connectivity index (χ0n) is 19.8. The first-order chi connectivity index (χ1) is 16.5. The van der Waals surface area contributed by atoms with Gasteiger partial charge < -0.3 is 25.2 Å². The quantitative estimate of drug-likeness (QED) is 0.279. The number of carbonyl (C=O) groups excluding carboxylic acids is 2. The second-order valence-corrected chi connectivity index (χ2v) is 10.8. The summed E-state index contributed by atoms with van der Waals surface area (Å²) < 4.78 is 17.3. The monoisotopic (exact) mass is 500 g/mol. The number of rotatable bonds is 7. The zero-order valence-corrected chi connectivity index (χ0v) is 20.7. The second kappa shape index (κ2) is 9.54. The average molecular weight is 500 g/mol. The summed E-state index contributed by atoms with van der Waals surface area (Å²) in [6.45, 7) is 6.53. The molecule has 0 bridgehead atoms. The van der Waals surface area contributed by atoms with E-state index in [2.05, 4.69) is 54.7 Å². The van der Waals surface area contributed by atoms with Crippen LogP contribution in [0.25, 0.3) is 10.9 Å².